The van der Waals surface area contributed by atoms with Crippen LogP contribution >= 0.6 is 7.37 Å². The Hall–Kier alpha value is -1.41. The molecule has 0 aromatic heterocycles. The van der Waals surface area contributed by atoms with Gasteiger partial charge in [-0.05, 0) is 11.1 Å². The summed E-state index contributed by atoms with van der Waals surface area (Å²) in [6.45, 7) is 0. The zero-order chi connectivity index (χ0) is 12.6. The van der Waals surface area contributed by atoms with Gasteiger partial charge in [0.2, 0.25) is 0 Å². The molecule has 2 atom stereocenters. The van der Waals surface area contributed by atoms with E-state index < -0.39 is 19.1 Å². The van der Waals surface area contributed by atoms with Crippen LogP contribution in [0.25, 0.3) is 0 Å². The van der Waals surface area contributed by atoms with Gasteiger partial charge in [0, 0.05) is 0 Å². The fourth-order valence-electron chi connectivity index (χ4n) is 2.18. The van der Waals surface area contributed by atoms with Gasteiger partial charge in [-0.25, -0.2) is 0 Å². The van der Waals surface area contributed by atoms with Gasteiger partial charge >= 0.3 is 0 Å². The maximum atomic E-state index is 12.4. The van der Waals surface area contributed by atoms with E-state index in [-0.39, 0.29) is 0 Å². The second-order valence-electron chi connectivity index (χ2n) is 4.33. The lowest BCUT2D eigenvalue weighted by Crippen LogP contribution is -2.24. The Labute approximate surface area is 105 Å². The third kappa shape index (κ3) is 1.81. The van der Waals surface area contributed by atoms with Gasteiger partial charge in [0.15, 0.2) is 11.7 Å². The molecule has 3 rings (SSSR count). The molecular weight excluding hydrogens is 247 g/mol. The molecule has 0 unspecified atom stereocenters. The lowest BCUT2D eigenvalue weighted by atomic mass is 10.2. The molecule has 1 N–H and O–H groups in total. The standard InChI is InChI=1S/C14H13O3P/c15-18(16)13(11-7-3-1-4-8-11)17-14(18)12-9-5-2-6-10-12/h1-10,13-14H,(H,15,16)/t13-,14-/m0/s1. The van der Waals surface area contributed by atoms with E-state index in [1.165, 1.54) is 0 Å². The van der Waals surface area contributed by atoms with Crippen molar-refractivity contribution in [3.8, 4) is 0 Å². The minimum absolute atomic E-state index is 0.691. The van der Waals surface area contributed by atoms with Crippen LogP contribution in [0, 0.1) is 0 Å². The maximum absolute atomic E-state index is 12.4. The first-order valence-electron chi connectivity index (χ1n) is 5.77. The number of ether oxygens (including phenoxy) is 1. The summed E-state index contributed by atoms with van der Waals surface area (Å²) < 4.78 is 18.0. The van der Waals surface area contributed by atoms with E-state index >= 15 is 0 Å². The summed E-state index contributed by atoms with van der Waals surface area (Å²) in [6, 6.07) is 18.4. The minimum atomic E-state index is -3.35. The molecule has 1 aliphatic rings. The molecule has 4 heteroatoms. The van der Waals surface area contributed by atoms with Gasteiger partial charge in [0.05, 0.1) is 0 Å². The molecule has 2 aromatic rings. The number of rotatable bonds is 2. The summed E-state index contributed by atoms with van der Waals surface area (Å²) in [6.07, 6.45) is 0. The van der Waals surface area contributed by atoms with Crippen LogP contribution in [0.5, 0.6) is 0 Å². The van der Waals surface area contributed by atoms with Crippen LogP contribution in [-0.2, 0) is 9.30 Å². The third-order valence-electron chi connectivity index (χ3n) is 3.10. The molecule has 1 saturated heterocycles. The number of benzene rings is 2. The Morgan fingerprint density at radius 2 is 1.22 bits per heavy atom. The highest BCUT2D eigenvalue weighted by molar-refractivity contribution is 7.59. The largest absolute Gasteiger partial charge is 0.345 e. The maximum Gasteiger partial charge on any atom is 0.265 e. The summed E-state index contributed by atoms with van der Waals surface area (Å²) in [7, 11) is -3.35. The van der Waals surface area contributed by atoms with Gasteiger partial charge in [-0.1, -0.05) is 60.7 Å². The summed E-state index contributed by atoms with van der Waals surface area (Å²) in [5.74, 6) is -1.38. The zero-order valence-electron chi connectivity index (χ0n) is 9.64. The fourth-order valence-corrected chi connectivity index (χ4v) is 4.02. The van der Waals surface area contributed by atoms with Crippen LogP contribution in [0.3, 0.4) is 0 Å². The van der Waals surface area contributed by atoms with Gasteiger partial charge in [0.1, 0.15) is 0 Å². The molecule has 1 aliphatic heterocycles. The Kier molecular flexibility index (Phi) is 2.83. The second-order valence-corrected chi connectivity index (χ2v) is 6.62. The number of hydrogen-bond donors (Lipinski definition) is 1. The normalized spacial score (nSPS) is 25.4. The van der Waals surface area contributed by atoms with E-state index in [1.54, 1.807) is 0 Å². The van der Waals surface area contributed by atoms with Crippen molar-refractivity contribution >= 4 is 7.37 Å². The first-order chi connectivity index (χ1) is 8.69. The predicted molar refractivity (Wildman–Crippen MR) is 69.3 cm³/mol. The SMILES string of the molecule is O=P1(O)[C@@H](c2ccccc2)O[C@@H]1c1ccccc1. The molecule has 1 heterocycles. The van der Waals surface area contributed by atoms with Crippen LogP contribution in [-0.4, -0.2) is 4.89 Å². The van der Waals surface area contributed by atoms with E-state index in [9.17, 15) is 9.46 Å². The lowest BCUT2D eigenvalue weighted by Gasteiger charge is -2.41. The summed E-state index contributed by atoms with van der Waals surface area (Å²) >= 11 is 0. The lowest BCUT2D eigenvalue weighted by molar-refractivity contribution is 0.00482. The Morgan fingerprint density at radius 3 is 1.56 bits per heavy atom. The van der Waals surface area contributed by atoms with Gasteiger partial charge in [-0.3, -0.25) is 4.57 Å². The Morgan fingerprint density at radius 1 is 0.833 bits per heavy atom. The Bertz CT molecular complexity index is 533. The van der Waals surface area contributed by atoms with E-state index in [1.807, 2.05) is 60.7 Å². The first-order valence-corrected chi connectivity index (χ1v) is 7.57. The first kappa shape index (κ1) is 11.7. The smallest absolute Gasteiger partial charge is 0.265 e. The van der Waals surface area contributed by atoms with Crippen LogP contribution in [0.1, 0.15) is 22.8 Å². The van der Waals surface area contributed by atoms with E-state index in [4.69, 9.17) is 4.74 Å². The van der Waals surface area contributed by atoms with E-state index in [0.29, 0.717) is 0 Å². The predicted octanol–water partition coefficient (Wildman–Crippen LogP) is 3.68. The molecule has 0 aliphatic carbocycles. The van der Waals surface area contributed by atoms with Gasteiger partial charge in [0.25, 0.3) is 7.37 Å². The highest BCUT2D eigenvalue weighted by Crippen LogP contribution is 2.76. The average Bonchev–Trinajstić information content (AvgIpc) is 2.40. The van der Waals surface area contributed by atoms with Crippen molar-refractivity contribution in [1.29, 1.82) is 0 Å². The molecule has 2 aromatic carbocycles. The minimum Gasteiger partial charge on any atom is -0.345 e. The van der Waals surface area contributed by atoms with Crippen LogP contribution in [0.4, 0.5) is 0 Å². The molecule has 0 bridgehead atoms. The highest BCUT2D eigenvalue weighted by Gasteiger charge is 2.53. The van der Waals surface area contributed by atoms with Crippen molar-refractivity contribution in [3.05, 3.63) is 71.8 Å². The van der Waals surface area contributed by atoms with Crippen molar-refractivity contribution in [3.63, 3.8) is 0 Å². The fraction of sp³-hybridized carbons (Fsp3) is 0.143. The second kappa shape index (κ2) is 4.36. The highest BCUT2D eigenvalue weighted by atomic mass is 31.2. The molecule has 0 spiro atoms. The molecular formula is C14H13O3P. The molecule has 92 valence electrons. The summed E-state index contributed by atoms with van der Waals surface area (Å²) in [4.78, 5) is 10.2. The van der Waals surface area contributed by atoms with Crippen molar-refractivity contribution in [2.45, 2.75) is 11.7 Å². The van der Waals surface area contributed by atoms with Crippen molar-refractivity contribution in [1.82, 2.24) is 0 Å². The van der Waals surface area contributed by atoms with Crippen molar-refractivity contribution in [2.24, 2.45) is 0 Å². The average molecular weight is 260 g/mol. The summed E-state index contributed by atoms with van der Waals surface area (Å²) in [5.41, 5.74) is 1.52. The quantitative estimate of drug-likeness (QED) is 0.838. The van der Waals surface area contributed by atoms with Crippen molar-refractivity contribution < 1.29 is 14.2 Å². The molecule has 0 radical (unpaired) electrons. The Balaban J connectivity index is 1.88. The summed E-state index contributed by atoms with van der Waals surface area (Å²) in [5, 5.41) is 0. The molecule has 18 heavy (non-hydrogen) atoms. The van der Waals surface area contributed by atoms with Gasteiger partial charge in [-0.15, -0.1) is 0 Å². The number of hydrogen-bond acceptors (Lipinski definition) is 2. The van der Waals surface area contributed by atoms with Crippen molar-refractivity contribution in [2.75, 3.05) is 0 Å². The third-order valence-corrected chi connectivity index (χ3v) is 5.28. The molecule has 3 nitrogen and oxygen atoms in total. The van der Waals surface area contributed by atoms with Crippen LogP contribution < -0.4 is 0 Å². The molecule has 0 amide bonds. The molecule has 1 fully saturated rings. The van der Waals surface area contributed by atoms with Gasteiger partial charge in [-0.2, -0.15) is 0 Å². The topological polar surface area (TPSA) is 46.5 Å². The monoisotopic (exact) mass is 260 g/mol. The molecule has 0 saturated carbocycles. The van der Waals surface area contributed by atoms with E-state index in [0.717, 1.165) is 11.1 Å². The van der Waals surface area contributed by atoms with Crippen LogP contribution in [0.15, 0.2) is 60.7 Å². The van der Waals surface area contributed by atoms with E-state index in [2.05, 4.69) is 0 Å². The zero-order valence-corrected chi connectivity index (χ0v) is 10.5. The van der Waals surface area contributed by atoms with Crippen LogP contribution in [0.2, 0.25) is 0 Å². The van der Waals surface area contributed by atoms with Gasteiger partial charge < -0.3 is 9.63 Å².